The highest BCUT2D eigenvalue weighted by atomic mass is 32.2. The SMILES string of the molecule is Cc1cc(C)c(C(C)c2ccc(N3CC(=O)NS3(=O)=O)c(OCc3ccccc3)c2)c(C)c1. The minimum absolute atomic E-state index is 0.0775. The molecule has 6 nitrogen and oxygen atoms in total. The number of aryl methyl sites for hydroxylation is 3. The van der Waals surface area contributed by atoms with Gasteiger partial charge in [0.2, 0.25) is 0 Å². The van der Waals surface area contributed by atoms with Gasteiger partial charge in [-0.15, -0.1) is 0 Å². The Kier molecular flexibility index (Phi) is 6.17. The summed E-state index contributed by atoms with van der Waals surface area (Å²) >= 11 is 0. The second-order valence-electron chi connectivity index (χ2n) is 8.57. The highest BCUT2D eigenvalue weighted by Crippen LogP contribution is 2.38. The number of nitrogens with one attached hydrogen (secondary N) is 1. The van der Waals surface area contributed by atoms with Crippen molar-refractivity contribution in [1.29, 1.82) is 0 Å². The normalized spacial score (nSPS) is 15.9. The van der Waals surface area contributed by atoms with Crippen LogP contribution in [0.25, 0.3) is 0 Å². The van der Waals surface area contributed by atoms with Crippen molar-refractivity contribution < 1.29 is 17.9 Å². The zero-order valence-corrected chi connectivity index (χ0v) is 20.1. The molecule has 0 aromatic heterocycles. The molecule has 7 heteroatoms. The van der Waals surface area contributed by atoms with E-state index in [0.717, 1.165) is 15.4 Å². The summed E-state index contributed by atoms with van der Waals surface area (Å²) < 4.78 is 34.2. The van der Waals surface area contributed by atoms with E-state index in [0.29, 0.717) is 11.4 Å². The van der Waals surface area contributed by atoms with Gasteiger partial charge in [0.15, 0.2) is 0 Å². The molecule has 0 spiro atoms. The fourth-order valence-corrected chi connectivity index (χ4v) is 5.72. The molecule has 0 aliphatic carbocycles. The van der Waals surface area contributed by atoms with E-state index in [1.54, 1.807) is 6.07 Å². The van der Waals surface area contributed by atoms with Gasteiger partial charge in [-0.1, -0.05) is 61.0 Å². The topological polar surface area (TPSA) is 75.7 Å². The number of ether oxygens (including phenoxy) is 1. The highest BCUT2D eigenvalue weighted by molar-refractivity contribution is 7.92. The Hall–Kier alpha value is -3.32. The largest absolute Gasteiger partial charge is 0.487 e. The molecule has 1 amide bonds. The van der Waals surface area contributed by atoms with Gasteiger partial charge in [-0.05, 0) is 60.7 Å². The third-order valence-corrected chi connectivity index (χ3v) is 7.37. The number of anilines is 1. The summed E-state index contributed by atoms with van der Waals surface area (Å²) in [4.78, 5) is 11.8. The Balaban J connectivity index is 1.75. The van der Waals surface area contributed by atoms with E-state index in [9.17, 15) is 13.2 Å². The van der Waals surface area contributed by atoms with E-state index in [1.807, 2.05) is 47.2 Å². The maximum absolute atomic E-state index is 12.5. The molecule has 0 bridgehead atoms. The summed E-state index contributed by atoms with van der Waals surface area (Å²) in [6, 6.07) is 19.5. The summed E-state index contributed by atoms with van der Waals surface area (Å²) in [5, 5.41) is 0. The zero-order chi connectivity index (χ0) is 23.8. The summed E-state index contributed by atoms with van der Waals surface area (Å²) in [5.41, 5.74) is 7.21. The van der Waals surface area contributed by atoms with Crippen molar-refractivity contribution in [2.24, 2.45) is 0 Å². The van der Waals surface area contributed by atoms with Crippen LogP contribution in [0.2, 0.25) is 0 Å². The molecule has 33 heavy (non-hydrogen) atoms. The van der Waals surface area contributed by atoms with Gasteiger partial charge >= 0.3 is 10.2 Å². The Labute approximate surface area is 195 Å². The lowest BCUT2D eigenvalue weighted by atomic mass is 9.86. The summed E-state index contributed by atoms with van der Waals surface area (Å²) in [5.74, 6) is -0.0632. The van der Waals surface area contributed by atoms with Crippen molar-refractivity contribution in [2.45, 2.75) is 40.2 Å². The lowest BCUT2D eigenvalue weighted by molar-refractivity contribution is -0.117. The minimum atomic E-state index is -3.94. The minimum Gasteiger partial charge on any atom is -0.487 e. The van der Waals surface area contributed by atoms with Gasteiger partial charge in [0.05, 0.1) is 5.69 Å². The molecule has 3 aromatic rings. The third-order valence-electron chi connectivity index (χ3n) is 5.98. The van der Waals surface area contributed by atoms with Crippen LogP contribution in [0.15, 0.2) is 60.7 Å². The van der Waals surface area contributed by atoms with Crippen LogP contribution in [0.1, 0.15) is 46.2 Å². The van der Waals surface area contributed by atoms with E-state index >= 15 is 0 Å². The molecule has 1 atom stereocenters. The molecule has 4 rings (SSSR count). The van der Waals surface area contributed by atoms with Crippen molar-refractivity contribution in [3.8, 4) is 5.75 Å². The number of hydrogen-bond donors (Lipinski definition) is 1. The van der Waals surface area contributed by atoms with Gasteiger partial charge in [0.25, 0.3) is 5.91 Å². The Bertz CT molecular complexity index is 1280. The van der Waals surface area contributed by atoms with Gasteiger partial charge in [-0.3, -0.25) is 4.79 Å². The molecule has 0 saturated carbocycles. The van der Waals surface area contributed by atoms with Crippen LogP contribution in [0.4, 0.5) is 5.69 Å². The summed E-state index contributed by atoms with van der Waals surface area (Å²) in [6.07, 6.45) is 0. The predicted octanol–water partition coefficient (Wildman–Crippen LogP) is 4.52. The predicted molar refractivity (Wildman–Crippen MR) is 130 cm³/mol. The number of amides is 1. The average molecular weight is 465 g/mol. The maximum atomic E-state index is 12.5. The van der Waals surface area contributed by atoms with E-state index in [1.165, 1.54) is 22.3 Å². The summed E-state index contributed by atoms with van der Waals surface area (Å²) in [6.45, 7) is 8.46. The van der Waals surface area contributed by atoms with Crippen LogP contribution in [0, 0.1) is 20.8 Å². The molecule has 1 saturated heterocycles. The molecular weight excluding hydrogens is 436 g/mol. The van der Waals surface area contributed by atoms with Crippen LogP contribution in [-0.4, -0.2) is 20.9 Å². The van der Waals surface area contributed by atoms with Crippen molar-refractivity contribution in [1.82, 2.24) is 4.72 Å². The molecule has 1 fully saturated rings. The van der Waals surface area contributed by atoms with Crippen LogP contribution in [-0.2, 0) is 21.6 Å². The van der Waals surface area contributed by atoms with Crippen molar-refractivity contribution >= 4 is 21.8 Å². The fourth-order valence-electron chi connectivity index (χ4n) is 4.56. The Morgan fingerprint density at radius 2 is 1.67 bits per heavy atom. The standard InChI is InChI=1S/C26H28N2O4S/c1-17-12-18(2)26(19(3)13-17)20(4)22-10-11-23(28-15-25(29)27-33(28,30)31)24(14-22)32-16-21-8-6-5-7-9-21/h5-14,20H,15-16H2,1-4H3,(H,27,29). The maximum Gasteiger partial charge on any atom is 0.326 e. The van der Waals surface area contributed by atoms with Gasteiger partial charge in [-0.25, -0.2) is 9.03 Å². The average Bonchev–Trinajstić information content (AvgIpc) is 3.03. The highest BCUT2D eigenvalue weighted by Gasteiger charge is 2.36. The van der Waals surface area contributed by atoms with Crippen LogP contribution in [0.5, 0.6) is 5.75 Å². The number of nitrogens with zero attached hydrogens (tertiary/aromatic N) is 1. The molecule has 172 valence electrons. The van der Waals surface area contributed by atoms with Gasteiger partial charge in [0, 0.05) is 5.92 Å². The first-order valence-electron chi connectivity index (χ1n) is 10.9. The third kappa shape index (κ3) is 4.73. The van der Waals surface area contributed by atoms with Gasteiger partial charge < -0.3 is 4.74 Å². The molecule has 3 aromatic carbocycles. The molecule has 0 radical (unpaired) electrons. The van der Waals surface area contributed by atoms with Crippen molar-refractivity contribution in [3.63, 3.8) is 0 Å². The van der Waals surface area contributed by atoms with Gasteiger partial charge in [0.1, 0.15) is 18.9 Å². The molecule has 1 heterocycles. The first-order chi connectivity index (χ1) is 15.7. The number of carbonyl (C=O) groups is 1. The Morgan fingerprint density at radius 3 is 2.27 bits per heavy atom. The zero-order valence-electron chi connectivity index (χ0n) is 19.3. The number of benzene rings is 3. The van der Waals surface area contributed by atoms with Crippen LogP contribution in [0.3, 0.4) is 0 Å². The van der Waals surface area contributed by atoms with E-state index < -0.39 is 16.1 Å². The second-order valence-corrected chi connectivity index (χ2v) is 10.2. The fraction of sp³-hybridized carbons (Fsp3) is 0.269. The first kappa shape index (κ1) is 22.9. The molecule has 1 N–H and O–H groups in total. The van der Waals surface area contributed by atoms with Crippen LogP contribution >= 0.6 is 0 Å². The van der Waals surface area contributed by atoms with Gasteiger partial charge in [-0.2, -0.15) is 8.42 Å². The molecular formula is C26H28N2O4S. The molecule has 1 aliphatic heterocycles. The van der Waals surface area contributed by atoms with Crippen molar-refractivity contribution in [3.05, 3.63) is 94.0 Å². The first-order valence-corrected chi connectivity index (χ1v) is 12.3. The number of hydrogen-bond acceptors (Lipinski definition) is 4. The molecule has 1 aliphatic rings. The van der Waals surface area contributed by atoms with Crippen molar-refractivity contribution in [2.75, 3.05) is 10.8 Å². The van der Waals surface area contributed by atoms with E-state index in [-0.39, 0.29) is 19.1 Å². The lowest BCUT2D eigenvalue weighted by Gasteiger charge is -2.23. The smallest absolute Gasteiger partial charge is 0.326 e. The lowest BCUT2D eigenvalue weighted by Crippen LogP contribution is -2.29. The monoisotopic (exact) mass is 464 g/mol. The quantitative estimate of drug-likeness (QED) is 0.582. The van der Waals surface area contributed by atoms with Crippen LogP contribution < -0.4 is 13.8 Å². The van der Waals surface area contributed by atoms with E-state index in [2.05, 4.69) is 39.8 Å². The summed E-state index contributed by atoms with van der Waals surface area (Å²) in [7, 11) is -3.94. The Morgan fingerprint density at radius 1 is 1.00 bits per heavy atom. The molecule has 1 unspecified atom stereocenters. The number of rotatable bonds is 6. The van der Waals surface area contributed by atoms with E-state index in [4.69, 9.17) is 4.74 Å². The second kappa shape index (κ2) is 8.90. The number of carbonyl (C=O) groups excluding carboxylic acids is 1.